The van der Waals surface area contributed by atoms with E-state index in [-0.39, 0.29) is 5.78 Å². The Balaban J connectivity index is 1.88. The van der Waals surface area contributed by atoms with Crippen LogP contribution < -0.4 is 0 Å². The van der Waals surface area contributed by atoms with Crippen molar-refractivity contribution in [1.29, 1.82) is 0 Å². The number of carbonyl (C=O) groups is 1. The molecule has 1 aromatic heterocycles. The smallest absolute Gasteiger partial charge is 0.211 e. The van der Waals surface area contributed by atoms with Gasteiger partial charge in [-0.2, -0.15) is 5.11 Å². The van der Waals surface area contributed by atoms with Crippen LogP contribution in [-0.2, 0) is 7.05 Å². The Morgan fingerprint density at radius 3 is 2.26 bits per heavy atom. The summed E-state index contributed by atoms with van der Waals surface area (Å²) in [5.41, 5.74) is 3.30. The quantitative estimate of drug-likeness (QED) is 0.298. The van der Waals surface area contributed by atoms with E-state index < -0.39 is 0 Å². The van der Waals surface area contributed by atoms with Crippen molar-refractivity contribution in [2.45, 2.75) is 0 Å². The molecule has 0 aliphatic carbocycles. The van der Waals surface area contributed by atoms with Gasteiger partial charge in [-0.1, -0.05) is 60.1 Å². The lowest BCUT2D eigenvalue weighted by Crippen LogP contribution is -2.07. The maximum Gasteiger partial charge on any atom is 0.211 e. The molecule has 3 aromatic carbocycles. The molecule has 0 fully saturated rings. The van der Waals surface area contributed by atoms with Gasteiger partial charge >= 0.3 is 0 Å². The summed E-state index contributed by atoms with van der Waals surface area (Å²) in [4.78, 5) is 13.2. The van der Waals surface area contributed by atoms with Crippen molar-refractivity contribution < 1.29 is 4.79 Å². The lowest BCUT2D eigenvalue weighted by atomic mass is 10.1. The van der Waals surface area contributed by atoms with Crippen LogP contribution in [0.15, 0.2) is 89.1 Å². The predicted molar refractivity (Wildman–Crippen MR) is 108 cm³/mol. The van der Waals surface area contributed by atoms with E-state index in [0.29, 0.717) is 27.7 Å². The molecule has 0 spiro atoms. The summed E-state index contributed by atoms with van der Waals surface area (Å²) in [6.45, 7) is 0. The first-order chi connectivity index (χ1) is 13.1. The van der Waals surface area contributed by atoms with Crippen molar-refractivity contribution in [2.75, 3.05) is 0 Å². The number of hydrogen-bond donors (Lipinski definition) is 0. The van der Waals surface area contributed by atoms with Gasteiger partial charge in [0, 0.05) is 23.0 Å². The van der Waals surface area contributed by atoms with Crippen LogP contribution in [0.1, 0.15) is 16.1 Å². The maximum absolute atomic E-state index is 13.2. The van der Waals surface area contributed by atoms with E-state index in [1.807, 2.05) is 54.1 Å². The highest BCUT2D eigenvalue weighted by Crippen LogP contribution is 2.35. The lowest BCUT2D eigenvalue weighted by Gasteiger charge is -2.04. The third-order valence-corrected chi connectivity index (χ3v) is 4.68. The fourth-order valence-corrected chi connectivity index (χ4v) is 3.20. The van der Waals surface area contributed by atoms with Crippen LogP contribution in [0, 0.1) is 0 Å². The maximum atomic E-state index is 13.2. The van der Waals surface area contributed by atoms with Crippen LogP contribution in [0.3, 0.4) is 0 Å². The van der Waals surface area contributed by atoms with Crippen molar-refractivity contribution >= 4 is 39.7 Å². The topological polar surface area (TPSA) is 46.7 Å². The van der Waals surface area contributed by atoms with Gasteiger partial charge in [0.2, 0.25) is 5.78 Å². The number of benzene rings is 3. The molecule has 0 amide bonds. The first-order valence-corrected chi connectivity index (χ1v) is 8.87. The van der Waals surface area contributed by atoms with Crippen LogP contribution in [0.5, 0.6) is 0 Å². The zero-order chi connectivity index (χ0) is 18.8. The second-order valence-corrected chi connectivity index (χ2v) is 6.58. The number of carbonyl (C=O) groups excluding carboxylic acids is 1. The molecule has 0 N–H and O–H groups in total. The Kier molecular flexibility index (Phi) is 4.57. The number of aromatic nitrogens is 1. The van der Waals surface area contributed by atoms with Gasteiger partial charge in [-0.25, -0.2) is 0 Å². The number of nitrogens with zero attached hydrogens (tertiary/aromatic N) is 3. The third-order valence-electron chi connectivity index (χ3n) is 4.42. The first kappa shape index (κ1) is 17.2. The van der Waals surface area contributed by atoms with Crippen molar-refractivity contribution in [2.24, 2.45) is 17.3 Å². The molecule has 4 rings (SSSR count). The van der Waals surface area contributed by atoms with E-state index in [4.69, 9.17) is 11.6 Å². The van der Waals surface area contributed by atoms with Gasteiger partial charge in [-0.15, -0.1) is 5.11 Å². The van der Waals surface area contributed by atoms with Gasteiger partial charge < -0.3 is 4.57 Å². The van der Waals surface area contributed by atoms with Gasteiger partial charge in [-0.05, 0) is 30.3 Å². The van der Waals surface area contributed by atoms with E-state index in [0.717, 1.165) is 10.9 Å². The zero-order valence-corrected chi connectivity index (χ0v) is 15.4. The highest BCUT2D eigenvalue weighted by atomic mass is 35.5. The van der Waals surface area contributed by atoms with Crippen LogP contribution in [0.2, 0.25) is 5.02 Å². The Labute approximate surface area is 161 Å². The average molecular weight is 374 g/mol. The molecule has 0 atom stereocenters. The van der Waals surface area contributed by atoms with Crippen LogP contribution in [-0.4, -0.2) is 10.4 Å². The second-order valence-electron chi connectivity index (χ2n) is 6.14. The zero-order valence-electron chi connectivity index (χ0n) is 14.6. The van der Waals surface area contributed by atoms with Crippen LogP contribution in [0.4, 0.5) is 11.4 Å². The van der Waals surface area contributed by atoms with Crippen molar-refractivity contribution in [3.05, 3.63) is 95.1 Å². The average Bonchev–Trinajstić information content (AvgIpc) is 3.00. The number of azo groups is 1. The minimum absolute atomic E-state index is 0.0839. The molecule has 5 heteroatoms. The molecule has 1 heterocycles. The standard InChI is InChI=1S/C22H16ClN3O/c1-26-19-10-6-5-9-18(19)20(25-24-17-13-11-16(23)12-14-17)21(26)22(27)15-7-3-2-4-8-15/h2-14H,1H3. The second kappa shape index (κ2) is 7.17. The van der Waals surface area contributed by atoms with Gasteiger partial charge in [-0.3, -0.25) is 4.79 Å². The van der Waals surface area contributed by atoms with Gasteiger partial charge in [0.25, 0.3) is 0 Å². The summed E-state index contributed by atoms with van der Waals surface area (Å²) in [5, 5.41) is 10.3. The van der Waals surface area contributed by atoms with E-state index in [2.05, 4.69) is 10.2 Å². The Morgan fingerprint density at radius 1 is 0.852 bits per heavy atom. The highest BCUT2D eigenvalue weighted by Gasteiger charge is 2.22. The minimum atomic E-state index is -0.0839. The Morgan fingerprint density at radius 2 is 1.52 bits per heavy atom. The fraction of sp³-hybridized carbons (Fsp3) is 0.0455. The number of halogens is 1. The van der Waals surface area contributed by atoms with Gasteiger partial charge in [0.05, 0.1) is 11.2 Å². The third kappa shape index (κ3) is 3.27. The molecule has 0 saturated carbocycles. The monoisotopic (exact) mass is 373 g/mol. The van der Waals surface area contributed by atoms with E-state index in [9.17, 15) is 4.79 Å². The van der Waals surface area contributed by atoms with Crippen molar-refractivity contribution in [3.8, 4) is 0 Å². The molecule has 0 saturated heterocycles. The van der Waals surface area contributed by atoms with Crippen LogP contribution >= 0.6 is 11.6 Å². The SMILES string of the molecule is Cn1c(C(=O)c2ccccc2)c(N=Nc2ccc(Cl)cc2)c2ccccc21. The predicted octanol–water partition coefficient (Wildman–Crippen LogP) is 6.48. The van der Waals surface area contributed by atoms with Gasteiger partial charge in [0.15, 0.2) is 0 Å². The normalized spacial score (nSPS) is 11.3. The summed E-state index contributed by atoms with van der Waals surface area (Å²) >= 11 is 5.92. The summed E-state index contributed by atoms with van der Waals surface area (Å²) in [6, 6.07) is 24.1. The molecule has 4 aromatic rings. The molecule has 0 bridgehead atoms. The summed E-state index contributed by atoms with van der Waals surface area (Å²) in [7, 11) is 1.87. The number of rotatable bonds is 4. The molecule has 0 radical (unpaired) electrons. The molecular weight excluding hydrogens is 358 g/mol. The number of para-hydroxylation sites is 1. The van der Waals surface area contributed by atoms with E-state index in [1.165, 1.54) is 0 Å². The number of hydrogen-bond acceptors (Lipinski definition) is 3. The Hall–Kier alpha value is -3.24. The van der Waals surface area contributed by atoms with Gasteiger partial charge in [0.1, 0.15) is 11.4 Å². The van der Waals surface area contributed by atoms with E-state index >= 15 is 0 Å². The number of aryl methyl sites for hydroxylation is 1. The lowest BCUT2D eigenvalue weighted by molar-refractivity contribution is 0.103. The summed E-state index contributed by atoms with van der Waals surface area (Å²) in [5.74, 6) is -0.0839. The summed E-state index contributed by atoms with van der Waals surface area (Å²) in [6.07, 6.45) is 0. The minimum Gasteiger partial charge on any atom is -0.339 e. The number of ketones is 1. The summed E-state index contributed by atoms with van der Waals surface area (Å²) < 4.78 is 1.88. The van der Waals surface area contributed by atoms with Crippen molar-refractivity contribution in [1.82, 2.24) is 4.57 Å². The molecular formula is C22H16ClN3O. The molecule has 0 unspecified atom stereocenters. The van der Waals surface area contributed by atoms with Crippen LogP contribution in [0.25, 0.3) is 10.9 Å². The molecule has 27 heavy (non-hydrogen) atoms. The largest absolute Gasteiger partial charge is 0.339 e. The Bertz CT molecular complexity index is 1150. The number of fused-ring (bicyclic) bond motifs is 1. The highest BCUT2D eigenvalue weighted by molar-refractivity contribution is 6.30. The molecule has 0 aliphatic heterocycles. The molecule has 132 valence electrons. The molecule has 0 aliphatic rings. The van der Waals surface area contributed by atoms with Crippen molar-refractivity contribution in [3.63, 3.8) is 0 Å². The first-order valence-electron chi connectivity index (χ1n) is 8.49. The van der Waals surface area contributed by atoms with E-state index in [1.54, 1.807) is 36.4 Å². The molecule has 4 nitrogen and oxygen atoms in total. The fourth-order valence-electron chi connectivity index (χ4n) is 3.08.